The predicted octanol–water partition coefficient (Wildman–Crippen LogP) is 3.60. The van der Waals surface area contributed by atoms with Crippen molar-refractivity contribution < 1.29 is 28.5 Å². The molecule has 3 rings (SSSR count). The van der Waals surface area contributed by atoms with Gasteiger partial charge in [-0.1, -0.05) is 12.1 Å². The van der Waals surface area contributed by atoms with Gasteiger partial charge in [0.1, 0.15) is 12.4 Å². The van der Waals surface area contributed by atoms with E-state index in [1.54, 1.807) is 56.1 Å². The molecule has 8 nitrogen and oxygen atoms in total. The molecule has 0 radical (unpaired) electrons. The number of carbonyl (C=O) groups is 2. The van der Waals surface area contributed by atoms with Crippen molar-refractivity contribution in [3.63, 3.8) is 0 Å². The molecular weight excluding hydrogens is 432 g/mol. The van der Waals surface area contributed by atoms with Crippen LogP contribution in [-0.2, 0) is 22.7 Å². The standard InChI is InChI=1S/C23H24N2O6S/c1-15(22(26)24-11-16-7-8-20(28-2)21(9-16)29-3)31-23(27)17-5-4-6-19(10-17)30-12-18-13-32-14-25-18/h4-10,13-15H,11-12H2,1-3H3,(H,24,26). The van der Waals surface area contributed by atoms with Gasteiger partial charge in [0.2, 0.25) is 0 Å². The first-order chi connectivity index (χ1) is 15.5. The largest absolute Gasteiger partial charge is 0.493 e. The lowest BCUT2D eigenvalue weighted by Crippen LogP contribution is -2.35. The molecule has 32 heavy (non-hydrogen) atoms. The lowest BCUT2D eigenvalue weighted by atomic mass is 10.2. The van der Waals surface area contributed by atoms with E-state index in [0.717, 1.165) is 11.3 Å². The highest BCUT2D eigenvalue weighted by Crippen LogP contribution is 2.27. The number of nitrogens with one attached hydrogen (secondary N) is 1. The van der Waals surface area contributed by atoms with Gasteiger partial charge in [-0.2, -0.15) is 0 Å². The van der Waals surface area contributed by atoms with Gasteiger partial charge in [0.25, 0.3) is 5.91 Å². The topological polar surface area (TPSA) is 96.0 Å². The van der Waals surface area contributed by atoms with Gasteiger partial charge in [-0.3, -0.25) is 4.79 Å². The minimum Gasteiger partial charge on any atom is -0.493 e. The van der Waals surface area contributed by atoms with E-state index in [0.29, 0.717) is 29.4 Å². The zero-order valence-corrected chi connectivity index (χ0v) is 18.8. The van der Waals surface area contributed by atoms with E-state index in [1.165, 1.54) is 18.3 Å². The lowest BCUT2D eigenvalue weighted by Gasteiger charge is -2.15. The van der Waals surface area contributed by atoms with Crippen LogP contribution in [0, 0.1) is 0 Å². The molecule has 0 saturated carbocycles. The van der Waals surface area contributed by atoms with E-state index in [-0.39, 0.29) is 6.54 Å². The van der Waals surface area contributed by atoms with E-state index in [4.69, 9.17) is 18.9 Å². The second kappa shape index (κ2) is 11.1. The number of nitrogens with zero attached hydrogens (tertiary/aromatic N) is 1. The lowest BCUT2D eigenvalue weighted by molar-refractivity contribution is -0.129. The van der Waals surface area contributed by atoms with Crippen LogP contribution in [0.5, 0.6) is 17.2 Å². The molecule has 1 amide bonds. The van der Waals surface area contributed by atoms with Gasteiger partial charge in [0, 0.05) is 11.9 Å². The molecule has 1 atom stereocenters. The summed E-state index contributed by atoms with van der Waals surface area (Å²) in [4.78, 5) is 29.0. The monoisotopic (exact) mass is 456 g/mol. The van der Waals surface area contributed by atoms with Crippen molar-refractivity contribution >= 4 is 23.2 Å². The molecule has 0 aliphatic heterocycles. The van der Waals surface area contributed by atoms with Crippen LogP contribution in [0.1, 0.15) is 28.5 Å². The molecule has 1 unspecified atom stereocenters. The van der Waals surface area contributed by atoms with Crippen molar-refractivity contribution in [2.24, 2.45) is 0 Å². The molecule has 0 spiro atoms. The van der Waals surface area contributed by atoms with Crippen molar-refractivity contribution in [2.45, 2.75) is 26.2 Å². The Bertz CT molecular complexity index is 1050. The van der Waals surface area contributed by atoms with Crippen molar-refractivity contribution in [2.75, 3.05) is 14.2 Å². The second-order valence-electron chi connectivity index (χ2n) is 6.75. The number of methoxy groups -OCH3 is 2. The zero-order chi connectivity index (χ0) is 22.9. The Balaban J connectivity index is 1.52. The number of ether oxygens (including phenoxy) is 4. The highest BCUT2D eigenvalue weighted by Gasteiger charge is 2.19. The van der Waals surface area contributed by atoms with E-state index >= 15 is 0 Å². The molecule has 168 valence electrons. The second-order valence-corrected chi connectivity index (χ2v) is 7.47. The maximum Gasteiger partial charge on any atom is 0.339 e. The quantitative estimate of drug-likeness (QED) is 0.466. The number of thiazole rings is 1. The predicted molar refractivity (Wildman–Crippen MR) is 119 cm³/mol. The van der Waals surface area contributed by atoms with Gasteiger partial charge in [0.15, 0.2) is 17.6 Å². The Morgan fingerprint density at radius 1 is 1.09 bits per heavy atom. The molecule has 0 saturated heterocycles. The van der Waals surface area contributed by atoms with Crippen LogP contribution < -0.4 is 19.5 Å². The summed E-state index contributed by atoms with van der Waals surface area (Å²) in [6, 6.07) is 11.9. The van der Waals surface area contributed by atoms with Crippen LogP contribution >= 0.6 is 11.3 Å². The van der Waals surface area contributed by atoms with Gasteiger partial charge in [-0.25, -0.2) is 9.78 Å². The summed E-state index contributed by atoms with van der Waals surface area (Å²) in [7, 11) is 3.10. The average Bonchev–Trinajstić information content (AvgIpc) is 3.34. The summed E-state index contributed by atoms with van der Waals surface area (Å²) >= 11 is 1.48. The molecule has 0 aliphatic carbocycles. The number of esters is 1. The molecule has 0 bridgehead atoms. The first-order valence-electron chi connectivity index (χ1n) is 9.79. The van der Waals surface area contributed by atoms with Gasteiger partial charge in [0.05, 0.1) is 31.0 Å². The number of benzene rings is 2. The van der Waals surface area contributed by atoms with Crippen molar-refractivity contribution in [1.29, 1.82) is 0 Å². The number of carbonyl (C=O) groups excluding carboxylic acids is 2. The van der Waals surface area contributed by atoms with Gasteiger partial charge in [-0.05, 0) is 42.8 Å². The van der Waals surface area contributed by atoms with Crippen LogP contribution in [0.2, 0.25) is 0 Å². The summed E-state index contributed by atoms with van der Waals surface area (Å²) in [6.45, 7) is 2.07. The third-order valence-corrected chi connectivity index (χ3v) is 5.14. The molecule has 3 aromatic rings. The summed E-state index contributed by atoms with van der Waals surface area (Å²) in [5.74, 6) is 0.651. The Hall–Kier alpha value is -3.59. The number of amides is 1. The third-order valence-electron chi connectivity index (χ3n) is 4.51. The van der Waals surface area contributed by atoms with Gasteiger partial charge in [-0.15, -0.1) is 11.3 Å². The summed E-state index contributed by atoms with van der Waals surface area (Å²) in [5.41, 5.74) is 3.65. The molecule has 0 aliphatic rings. The fourth-order valence-electron chi connectivity index (χ4n) is 2.78. The number of rotatable bonds is 10. The molecule has 2 aromatic carbocycles. The molecular formula is C23H24N2O6S. The fourth-order valence-corrected chi connectivity index (χ4v) is 3.33. The highest BCUT2D eigenvalue weighted by molar-refractivity contribution is 7.07. The Kier molecular flexibility index (Phi) is 8.04. The zero-order valence-electron chi connectivity index (χ0n) is 18.0. The van der Waals surface area contributed by atoms with Crippen LogP contribution in [0.25, 0.3) is 0 Å². The maximum absolute atomic E-state index is 12.5. The smallest absolute Gasteiger partial charge is 0.339 e. The minimum absolute atomic E-state index is 0.251. The first kappa shape index (κ1) is 23.1. The Labute approximate surface area is 190 Å². The third kappa shape index (κ3) is 6.21. The van der Waals surface area contributed by atoms with Crippen molar-refractivity contribution in [1.82, 2.24) is 10.3 Å². The number of hydrogen-bond donors (Lipinski definition) is 1. The van der Waals surface area contributed by atoms with Crippen molar-refractivity contribution in [3.8, 4) is 17.2 Å². The van der Waals surface area contributed by atoms with Crippen LogP contribution in [0.3, 0.4) is 0 Å². The maximum atomic E-state index is 12.5. The molecule has 1 heterocycles. The van der Waals surface area contributed by atoms with Gasteiger partial charge >= 0.3 is 5.97 Å². The average molecular weight is 457 g/mol. The number of aromatic nitrogens is 1. The van der Waals surface area contributed by atoms with Crippen molar-refractivity contribution in [3.05, 3.63) is 70.2 Å². The van der Waals surface area contributed by atoms with E-state index < -0.39 is 18.0 Å². The van der Waals surface area contributed by atoms with Crippen LogP contribution in [-0.4, -0.2) is 37.2 Å². The highest BCUT2D eigenvalue weighted by atomic mass is 32.1. The summed E-state index contributed by atoms with van der Waals surface area (Å²) in [6.07, 6.45) is -0.970. The first-order valence-corrected chi connectivity index (χ1v) is 10.7. The minimum atomic E-state index is -0.970. The fraction of sp³-hybridized carbons (Fsp3) is 0.261. The van der Waals surface area contributed by atoms with E-state index in [1.807, 2.05) is 11.4 Å². The SMILES string of the molecule is COc1ccc(CNC(=O)C(C)OC(=O)c2cccc(OCc3cscn3)c2)cc1OC. The Morgan fingerprint density at radius 2 is 1.91 bits per heavy atom. The van der Waals surface area contributed by atoms with Crippen LogP contribution in [0.15, 0.2) is 53.4 Å². The summed E-state index contributed by atoms with van der Waals surface area (Å²) in [5, 5.41) is 4.64. The Morgan fingerprint density at radius 3 is 2.62 bits per heavy atom. The van der Waals surface area contributed by atoms with Crippen LogP contribution in [0.4, 0.5) is 0 Å². The normalized spacial score (nSPS) is 11.3. The van der Waals surface area contributed by atoms with E-state index in [9.17, 15) is 9.59 Å². The summed E-state index contributed by atoms with van der Waals surface area (Å²) < 4.78 is 21.4. The molecule has 1 N–H and O–H groups in total. The number of hydrogen-bond acceptors (Lipinski definition) is 8. The molecule has 1 aromatic heterocycles. The van der Waals surface area contributed by atoms with Gasteiger partial charge < -0.3 is 24.3 Å². The molecule has 0 fully saturated rings. The van der Waals surface area contributed by atoms with E-state index in [2.05, 4.69) is 10.3 Å². The molecule has 9 heteroatoms.